The predicted octanol–water partition coefficient (Wildman–Crippen LogP) is 2.42. The van der Waals surface area contributed by atoms with Crippen LogP contribution in [0.5, 0.6) is 0 Å². The van der Waals surface area contributed by atoms with Gasteiger partial charge in [-0.15, -0.1) is 0 Å². The molecular formula is C13H16N4O3S. The summed E-state index contributed by atoms with van der Waals surface area (Å²) in [5.74, 6) is -0.0563. The molecular weight excluding hydrogens is 292 g/mol. The molecule has 0 saturated heterocycles. The van der Waals surface area contributed by atoms with Crippen LogP contribution >= 0.6 is 11.3 Å². The maximum Gasteiger partial charge on any atom is 0.358 e. The second-order valence-corrected chi connectivity index (χ2v) is 5.32. The number of esters is 1. The summed E-state index contributed by atoms with van der Waals surface area (Å²) in [6.07, 6.45) is 4.18. The summed E-state index contributed by atoms with van der Waals surface area (Å²) in [5, 5.41) is 3.67. The van der Waals surface area contributed by atoms with Gasteiger partial charge in [0.25, 0.3) is 0 Å². The van der Waals surface area contributed by atoms with Crippen molar-refractivity contribution >= 4 is 28.2 Å². The number of ketones is 1. The van der Waals surface area contributed by atoms with Crippen LogP contribution in [0.3, 0.4) is 0 Å². The van der Waals surface area contributed by atoms with Gasteiger partial charge in [0.05, 0.1) is 13.2 Å². The first-order valence-corrected chi connectivity index (χ1v) is 7.24. The Labute approximate surface area is 125 Å². The van der Waals surface area contributed by atoms with E-state index in [2.05, 4.69) is 25.0 Å². The van der Waals surface area contributed by atoms with Crippen LogP contribution in [0.25, 0.3) is 0 Å². The summed E-state index contributed by atoms with van der Waals surface area (Å²) < 4.78 is 4.65. The zero-order valence-corrected chi connectivity index (χ0v) is 12.8. The van der Waals surface area contributed by atoms with Crippen molar-refractivity contribution in [3.8, 4) is 0 Å². The van der Waals surface area contributed by atoms with Gasteiger partial charge < -0.3 is 15.0 Å². The van der Waals surface area contributed by atoms with Gasteiger partial charge in [0.1, 0.15) is 10.7 Å². The minimum atomic E-state index is -0.615. The monoisotopic (exact) mass is 308 g/mol. The Hall–Kier alpha value is -2.22. The maximum atomic E-state index is 11.7. The summed E-state index contributed by atoms with van der Waals surface area (Å²) in [4.78, 5) is 35.0. The van der Waals surface area contributed by atoms with Crippen molar-refractivity contribution in [2.75, 3.05) is 12.4 Å². The molecule has 2 N–H and O–H groups in total. The third-order valence-electron chi connectivity index (χ3n) is 2.88. The largest absolute Gasteiger partial charge is 0.464 e. The normalized spacial score (nSPS) is 12.0. The fourth-order valence-corrected chi connectivity index (χ4v) is 2.74. The molecule has 2 aromatic rings. The van der Waals surface area contributed by atoms with Gasteiger partial charge in [0, 0.05) is 19.3 Å². The van der Waals surface area contributed by atoms with Crippen LogP contribution < -0.4 is 5.32 Å². The summed E-state index contributed by atoms with van der Waals surface area (Å²) >= 11 is 1.14. The van der Waals surface area contributed by atoms with E-state index >= 15 is 0 Å². The number of aromatic nitrogens is 3. The molecule has 1 unspecified atom stereocenters. The number of aromatic amines is 1. The summed E-state index contributed by atoms with van der Waals surface area (Å²) in [5.41, 5.74) is 0.0480. The summed E-state index contributed by atoms with van der Waals surface area (Å²) in [6, 6.07) is -0.0727. The van der Waals surface area contributed by atoms with E-state index in [-0.39, 0.29) is 17.5 Å². The van der Waals surface area contributed by atoms with Crippen molar-refractivity contribution in [3.63, 3.8) is 0 Å². The number of anilines is 1. The van der Waals surface area contributed by atoms with E-state index in [1.807, 2.05) is 6.92 Å². The number of Topliss-reactive ketones (excluding diaryl/α,β-unsaturated/α-hetero) is 1. The Morgan fingerprint density at radius 2 is 2.29 bits per heavy atom. The SMILES string of the molecule is CCC(Nc1nc(C(=O)OC)c(C(C)=O)s1)c1ncc[nH]1. The number of H-pyrrole nitrogens is 1. The van der Waals surface area contributed by atoms with Crippen LogP contribution in [0.1, 0.15) is 52.3 Å². The second kappa shape index (κ2) is 6.49. The Balaban J connectivity index is 2.28. The number of carbonyl (C=O) groups is 2. The third kappa shape index (κ3) is 3.27. The van der Waals surface area contributed by atoms with Gasteiger partial charge in [-0.25, -0.2) is 14.8 Å². The quantitative estimate of drug-likeness (QED) is 0.628. The molecule has 0 amide bonds. The predicted molar refractivity (Wildman–Crippen MR) is 78.7 cm³/mol. The van der Waals surface area contributed by atoms with Crippen LogP contribution in [0.2, 0.25) is 0 Å². The molecule has 0 aliphatic carbocycles. The lowest BCUT2D eigenvalue weighted by Gasteiger charge is -2.13. The summed E-state index contributed by atoms with van der Waals surface area (Å²) in [7, 11) is 1.26. The lowest BCUT2D eigenvalue weighted by atomic mass is 10.2. The number of hydrogen-bond donors (Lipinski definition) is 2. The minimum Gasteiger partial charge on any atom is -0.464 e. The minimum absolute atomic E-state index is 0.0480. The lowest BCUT2D eigenvalue weighted by molar-refractivity contribution is 0.0591. The molecule has 8 heteroatoms. The number of methoxy groups -OCH3 is 1. The highest BCUT2D eigenvalue weighted by molar-refractivity contribution is 7.17. The molecule has 0 aliphatic heterocycles. The highest BCUT2D eigenvalue weighted by Crippen LogP contribution is 2.28. The lowest BCUT2D eigenvalue weighted by Crippen LogP contribution is -2.11. The molecule has 0 saturated carbocycles. The number of nitrogens with one attached hydrogen (secondary N) is 2. The zero-order chi connectivity index (χ0) is 15.4. The molecule has 0 fully saturated rings. The van der Waals surface area contributed by atoms with Crippen molar-refractivity contribution in [2.24, 2.45) is 0 Å². The number of ether oxygens (including phenoxy) is 1. The van der Waals surface area contributed by atoms with E-state index in [1.165, 1.54) is 14.0 Å². The highest BCUT2D eigenvalue weighted by atomic mass is 32.1. The summed E-state index contributed by atoms with van der Waals surface area (Å²) in [6.45, 7) is 3.40. The standard InChI is InChI=1S/C13H16N4O3S/c1-4-8(11-14-5-6-15-11)16-13-17-9(12(19)20-3)10(21-13)7(2)18/h5-6,8H,4H2,1-3H3,(H,14,15)(H,16,17). The average molecular weight is 308 g/mol. The molecule has 2 aromatic heterocycles. The number of nitrogens with zero attached hydrogens (tertiary/aromatic N) is 2. The molecule has 0 bridgehead atoms. The number of hydrogen-bond acceptors (Lipinski definition) is 7. The van der Waals surface area contributed by atoms with E-state index in [0.29, 0.717) is 10.0 Å². The number of imidazole rings is 1. The van der Waals surface area contributed by atoms with E-state index in [9.17, 15) is 9.59 Å². The van der Waals surface area contributed by atoms with Crippen molar-refractivity contribution in [2.45, 2.75) is 26.3 Å². The van der Waals surface area contributed by atoms with Gasteiger partial charge in [-0.3, -0.25) is 4.79 Å². The molecule has 2 heterocycles. The first kappa shape index (κ1) is 15.2. The van der Waals surface area contributed by atoms with Gasteiger partial charge in [0.15, 0.2) is 16.6 Å². The molecule has 0 radical (unpaired) electrons. The van der Waals surface area contributed by atoms with Crippen LogP contribution in [0, 0.1) is 0 Å². The first-order chi connectivity index (χ1) is 10.1. The average Bonchev–Trinajstić information content (AvgIpc) is 3.13. The molecule has 7 nitrogen and oxygen atoms in total. The Kier molecular flexibility index (Phi) is 4.69. The zero-order valence-electron chi connectivity index (χ0n) is 12.0. The molecule has 112 valence electrons. The van der Waals surface area contributed by atoms with Crippen LogP contribution in [-0.2, 0) is 4.74 Å². The van der Waals surface area contributed by atoms with E-state index in [0.717, 1.165) is 23.6 Å². The maximum absolute atomic E-state index is 11.7. The van der Waals surface area contributed by atoms with Crippen LogP contribution in [0.4, 0.5) is 5.13 Å². The van der Waals surface area contributed by atoms with Gasteiger partial charge >= 0.3 is 5.97 Å². The van der Waals surface area contributed by atoms with Gasteiger partial charge in [-0.05, 0) is 6.42 Å². The van der Waals surface area contributed by atoms with Crippen molar-refractivity contribution in [1.82, 2.24) is 15.0 Å². The number of rotatable bonds is 6. The molecule has 0 aliphatic rings. The Morgan fingerprint density at radius 3 is 2.81 bits per heavy atom. The topological polar surface area (TPSA) is 97.0 Å². The number of thiazole rings is 1. The van der Waals surface area contributed by atoms with Gasteiger partial charge in [-0.1, -0.05) is 18.3 Å². The smallest absolute Gasteiger partial charge is 0.358 e. The fraction of sp³-hybridized carbons (Fsp3) is 0.385. The van der Waals surface area contributed by atoms with Crippen LogP contribution in [0.15, 0.2) is 12.4 Å². The highest BCUT2D eigenvalue weighted by Gasteiger charge is 2.23. The van der Waals surface area contributed by atoms with Crippen LogP contribution in [-0.4, -0.2) is 33.8 Å². The van der Waals surface area contributed by atoms with Crippen molar-refractivity contribution in [3.05, 3.63) is 28.8 Å². The first-order valence-electron chi connectivity index (χ1n) is 6.42. The van der Waals surface area contributed by atoms with E-state index < -0.39 is 5.97 Å². The van der Waals surface area contributed by atoms with Crippen molar-refractivity contribution < 1.29 is 14.3 Å². The third-order valence-corrected chi connectivity index (χ3v) is 3.97. The Bertz CT molecular complexity index is 636. The van der Waals surface area contributed by atoms with Gasteiger partial charge in [0.2, 0.25) is 0 Å². The number of carbonyl (C=O) groups excluding carboxylic acids is 2. The molecule has 1 atom stereocenters. The second-order valence-electron chi connectivity index (χ2n) is 4.32. The molecule has 2 rings (SSSR count). The molecule has 0 spiro atoms. The van der Waals surface area contributed by atoms with E-state index in [4.69, 9.17) is 0 Å². The Morgan fingerprint density at radius 1 is 1.52 bits per heavy atom. The van der Waals surface area contributed by atoms with E-state index in [1.54, 1.807) is 12.4 Å². The molecule has 0 aromatic carbocycles. The molecule has 21 heavy (non-hydrogen) atoms. The van der Waals surface area contributed by atoms with Crippen molar-refractivity contribution in [1.29, 1.82) is 0 Å². The fourth-order valence-electron chi connectivity index (χ4n) is 1.84. The van der Waals surface area contributed by atoms with Gasteiger partial charge in [-0.2, -0.15) is 0 Å².